The molecule has 1 saturated heterocycles. The Morgan fingerprint density at radius 3 is 2.35 bits per heavy atom. The Bertz CT molecular complexity index is 585. The number of likely N-dealkylation sites (tertiary alicyclic amines) is 1. The maximum atomic E-state index is 12.4. The first kappa shape index (κ1) is 15.8. The van der Waals surface area contributed by atoms with Gasteiger partial charge in [0.05, 0.1) is 0 Å². The van der Waals surface area contributed by atoms with Gasteiger partial charge in [-0.3, -0.25) is 4.79 Å². The number of hydrogen-bond acceptors (Lipinski definition) is 3. The lowest BCUT2D eigenvalue weighted by Crippen LogP contribution is -2.47. The van der Waals surface area contributed by atoms with E-state index in [-0.39, 0.29) is 23.6 Å². The van der Waals surface area contributed by atoms with Crippen LogP contribution in [0.3, 0.4) is 0 Å². The molecule has 0 bridgehead atoms. The summed E-state index contributed by atoms with van der Waals surface area (Å²) in [6.07, 6.45) is 3.11. The third-order valence-electron chi connectivity index (χ3n) is 4.70. The van der Waals surface area contributed by atoms with Crippen molar-refractivity contribution in [2.24, 2.45) is 0 Å². The van der Waals surface area contributed by atoms with Gasteiger partial charge in [0.15, 0.2) is 0 Å². The van der Waals surface area contributed by atoms with Gasteiger partial charge in [-0.25, -0.2) is 4.79 Å². The van der Waals surface area contributed by atoms with Crippen LogP contribution in [0.1, 0.15) is 48.5 Å². The molecule has 0 unspecified atom stereocenters. The van der Waals surface area contributed by atoms with Crippen molar-refractivity contribution in [2.45, 2.75) is 51.2 Å². The van der Waals surface area contributed by atoms with E-state index in [0.717, 1.165) is 36.8 Å². The molecule has 1 aliphatic carbocycles. The van der Waals surface area contributed by atoms with Crippen molar-refractivity contribution in [3.63, 3.8) is 0 Å². The van der Waals surface area contributed by atoms with Gasteiger partial charge < -0.3 is 15.0 Å². The van der Waals surface area contributed by atoms with Gasteiger partial charge in [0.1, 0.15) is 5.60 Å². The number of rotatable bonds is 3. The van der Waals surface area contributed by atoms with Crippen LogP contribution in [-0.4, -0.2) is 41.6 Å². The van der Waals surface area contributed by atoms with Crippen LogP contribution in [0.15, 0.2) is 24.3 Å². The van der Waals surface area contributed by atoms with E-state index in [1.54, 1.807) is 0 Å². The Morgan fingerprint density at radius 1 is 1.17 bits per heavy atom. The van der Waals surface area contributed by atoms with Crippen molar-refractivity contribution < 1.29 is 14.3 Å². The molecule has 124 valence electrons. The van der Waals surface area contributed by atoms with Gasteiger partial charge in [0.25, 0.3) is 5.91 Å². The van der Waals surface area contributed by atoms with Crippen LogP contribution in [-0.2, 0) is 4.74 Å². The molecule has 23 heavy (non-hydrogen) atoms. The number of nitrogens with zero attached hydrogens (tertiary/aromatic N) is 1. The molecule has 1 N–H and O–H groups in total. The van der Waals surface area contributed by atoms with Crippen molar-refractivity contribution in [3.8, 4) is 0 Å². The summed E-state index contributed by atoms with van der Waals surface area (Å²) in [4.78, 5) is 26.1. The molecular weight excluding hydrogens is 292 g/mol. The molecular formula is C18H24N2O3. The first-order valence-corrected chi connectivity index (χ1v) is 8.31. The van der Waals surface area contributed by atoms with Crippen molar-refractivity contribution in [3.05, 3.63) is 35.4 Å². The van der Waals surface area contributed by atoms with Gasteiger partial charge >= 0.3 is 6.09 Å². The Hall–Kier alpha value is -2.04. The number of hydrogen-bond donors (Lipinski definition) is 1. The average molecular weight is 316 g/mol. The molecule has 0 spiro atoms. The highest BCUT2D eigenvalue weighted by molar-refractivity contribution is 5.94. The standard InChI is InChI=1S/C18H24N2O3/c1-13-3-5-14(6-4-13)16(21)20-11-7-15(8-12-20)19-17(22)23-18(2)9-10-18/h3-6,15H,7-12H2,1-2H3,(H,19,22). The molecule has 1 heterocycles. The van der Waals surface area contributed by atoms with Crippen LogP contribution in [0.5, 0.6) is 0 Å². The van der Waals surface area contributed by atoms with Crippen LogP contribution < -0.4 is 5.32 Å². The number of amides is 2. The third kappa shape index (κ3) is 4.03. The number of piperidine rings is 1. The van der Waals surface area contributed by atoms with E-state index >= 15 is 0 Å². The number of carbonyl (C=O) groups is 2. The van der Waals surface area contributed by atoms with Crippen LogP contribution >= 0.6 is 0 Å². The molecule has 5 heteroatoms. The Labute approximate surface area is 137 Å². The summed E-state index contributed by atoms with van der Waals surface area (Å²) in [5.41, 5.74) is 1.63. The minimum absolute atomic E-state index is 0.0662. The molecule has 0 atom stereocenters. The zero-order chi connectivity index (χ0) is 16.4. The van der Waals surface area contributed by atoms with E-state index in [0.29, 0.717) is 13.1 Å². The largest absolute Gasteiger partial charge is 0.443 e. The molecule has 2 fully saturated rings. The third-order valence-corrected chi connectivity index (χ3v) is 4.70. The minimum atomic E-state index is -0.326. The summed E-state index contributed by atoms with van der Waals surface area (Å²) in [5.74, 6) is 0.0662. The smallest absolute Gasteiger partial charge is 0.407 e. The number of nitrogens with one attached hydrogen (secondary N) is 1. The topological polar surface area (TPSA) is 58.6 Å². The van der Waals surface area contributed by atoms with E-state index in [4.69, 9.17) is 4.74 Å². The first-order chi connectivity index (χ1) is 11.0. The van der Waals surface area contributed by atoms with Gasteiger partial charge in [-0.2, -0.15) is 0 Å². The monoisotopic (exact) mass is 316 g/mol. The van der Waals surface area contributed by atoms with Crippen molar-refractivity contribution in [2.75, 3.05) is 13.1 Å². The molecule has 1 aromatic carbocycles. The van der Waals surface area contributed by atoms with Crippen molar-refractivity contribution in [1.29, 1.82) is 0 Å². The fourth-order valence-corrected chi connectivity index (χ4v) is 2.80. The van der Waals surface area contributed by atoms with E-state index < -0.39 is 0 Å². The van der Waals surface area contributed by atoms with Gasteiger partial charge in [0.2, 0.25) is 0 Å². The normalized spacial score (nSPS) is 20.0. The highest BCUT2D eigenvalue weighted by atomic mass is 16.6. The fourth-order valence-electron chi connectivity index (χ4n) is 2.80. The van der Waals surface area contributed by atoms with Gasteiger partial charge in [-0.05, 0) is 51.7 Å². The number of aryl methyl sites for hydroxylation is 1. The zero-order valence-electron chi connectivity index (χ0n) is 13.8. The predicted octanol–water partition coefficient (Wildman–Crippen LogP) is 2.88. The van der Waals surface area contributed by atoms with E-state index in [2.05, 4.69) is 5.32 Å². The SMILES string of the molecule is Cc1ccc(C(=O)N2CCC(NC(=O)OC3(C)CC3)CC2)cc1. The van der Waals surface area contributed by atoms with Gasteiger partial charge in [-0.1, -0.05) is 17.7 Å². The molecule has 1 saturated carbocycles. The maximum absolute atomic E-state index is 12.4. The number of ether oxygens (including phenoxy) is 1. The molecule has 1 aromatic rings. The molecule has 2 aliphatic rings. The van der Waals surface area contributed by atoms with E-state index in [9.17, 15) is 9.59 Å². The molecule has 5 nitrogen and oxygen atoms in total. The Balaban J connectivity index is 1.47. The lowest BCUT2D eigenvalue weighted by atomic mass is 10.0. The Morgan fingerprint density at radius 2 is 1.78 bits per heavy atom. The summed E-state index contributed by atoms with van der Waals surface area (Å²) >= 11 is 0. The second kappa shape index (κ2) is 6.22. The second-order valence-electron chi connectivity index (χ2n) is 6.92. The number of alkyl carbamates (subject to hydrolysis) is 1. The molecule has 1 aliphatic heterocycles. The van der Waals surface area contributed by atoms with E-state index in [1.165, 1.54) is 0 Å². The first-order valence-electron chi connectivity index (χ1n) is 8.31. The summed E-state index contributed by atoms with van der Waals surface area (Å²) in [5, 5.41) is 2.92. The fraction of sp³-hybridized carbons (Fsp3) is 0.556. The van der Waals surface area contributed by atoms with Crippen LogP contribution in [0.4, 0.5) is 4.79 Å². The molecule has 2 amide bonds. The van der Waals surface area contributed by atoms with Gasteiger partial charge in [-0.15, -0.1) is 0 Å². The van der Waals surface area contributed by atoms with Crippen LogP contribution in [0.2, 0.25) is 0 Å². The van der Waals surface area contributed by atoms with Crippen molar-refractivity contribution >= 4 is 12.0 Å². The van der Waals surface area contributed by atoms with Crippen molar-refractivity contribution in [1.82, 2.24) is 10.2 Å². The maximum Gasteiger partial charge on any atom is 0.407 e. The van der Waals surface area contributed by atoms with Crippen LogP contribution in [0.25, 0.3) is 0 Å². The zero-order valence-corrected chi connectivity index (χ0v) is 13.8. The lowest BCUT2D eigenvalue weighted by Gasteiger charge is -2.32. The molecule has 0 radical (unpaired) electrons. The highest BCUT2D eigenvalue weighted by Gasteiger charge is 2.42. The average Bonchev–Trinajstić information content (AvgIpc) is 3.25. The predicted molar refractivity (Wildman–Crippen MR) is 87.4 cm³/mol. The number of benzene rings is 1. The summed E-state index contributed by atoms with van der Waals surface area (Å²) in [6, 6.07) is 7.74. The lowest BCUT2D eigenvalue weighted by molar-refractivity contribution is 0.0683. The number of carbonyl (C=O) groups excluding carboxylic acids is 2. The summed E-state index contributed by atoms with van der Waals surface area (Å²) < 4.78 is 5.38. The van der Waals surface area contributed by atoms with Gasteiger partial charge in [0, 0.05) is 24.7 Å². The second-order valence-corrected chi connectivity index (χ2v) is 6.92. The molecule has 0 aromatic heterocycles. The molecule has 3 rings (SSSR count). The minimum Gasteiger partial charge on any atom is -0.443 e. The van der Waals surface area contributed by atoms with Crippen LogP contribution in [0, 0.1) is 6.92 Å². The highest BCUT2D eigenvalue weighted by Crippen LogP contribution is 2.38. The quantitative estimate of drug-likeness (QED) is 0.933. The summed E-state index contributed by atoms with van der Waals surface area (Å²) in [6.45, 7) is 5.28. The Kier molecular flexibility index (Phi) is 4.28. The van der Waals surface area contributed by atoms with E-state index in [1.807, 2.05) is 43.0 Å². The summed E-state index contributed by atoms with van der Waals surface area (Å²) in [7, 11) is 0.